The van der Waals surface area contributed by atoms with Crippen LogP contribution >= 0.6 is 15.9 Å². The molecule has 0 unspecified atom stereocenters. The lowest BCUT2D eigenvalue weighted by atomic mass is 9.97. The minimum absolute atomic E-state index is 0.210. The van der Waals surface area contributed by atoms with Gasteiger partial charge in [-0.2, -0.15) is 0 Å². The van der Waals surface area contributed by atoms with Crippen molar-refractivity contribution >= 4 is 21.6 Å². The topological polar surface area (TPSA) is 15.3 Å². The minimum Gasteiger partial charge on any atom is -0.364 e. The number of halogens is 1. The lowest BCUT2D eigenvalue weighted by Crippen LogP contribution is -2.44. The molecule has 0 aromatic heterocycles. The van der Waals surface area contributed by atoms with Gasteiger partial charge < -0.3 is 10.2 Å². The van der Waals surface area contributed by atoms with E-state index in [0.29, 0.717) is 0 Å². The van der Waals surface area contributed by atoms with Gasteiger partial charge in [-0.25, -0.2) is 0 Å². The molecule has 0 radical (unpaired) electrons. The van der Waals surface area contributed by atoms with Crippen LogP contribution in [0.4, 0.5) is 5.69 Å². The first-order chi connectivity index (χ1) is 8.00. The van der Waals surface area contributed by atoms with Crippen LogP contribution in [0.3, 0.4) is 0 Å². The zero-order valence-electron chi connectivity index (χ0n) is 10.9. The molecule has 0 saturated carbocycles. The number of benzene rings is 1. The molecule has 3 heteroatoms. The molecular weight excluding hydrogens is 276 g/mol. The Bertz CT molecular complexity index is 401. The molecule has 0 bridgehead atoms. The molecule has 0 atom stereocenters. The second kappa shape index (κ2) is 4.99. The fourth-order valence-electron chi connectivity index (χ4n) is 2.43. The number of nitrogens with one attached hydrogen (secondary N) is 1. The first kappa shape index (κ1) is 12.9. The van der Waals surface area contributed by atoms with E-state index in [1.54, 1.807) is 0 Å². The third kappa shape index (κ3) is 2.83. The van der Waals surface area contributed by atoms with E-state index in [1.165, 1.54) is 22.1 Å². The van der Waals surface area contributed by atoms with Crippen LogP contribution in [0.25, 0.3) is 0 Å². The van der Waals surface area contributed by atoms with Gasteiger partial charge in [0.25, 0.3) is 0 Å². The SMILES string of the molecule is Cc1ccc(N2CCNCCC2(C)C)c(Br)c1. The highest BCUT2D eigenvalue weighted by molar-refractivity contribution is 9.10. The highest BCUT2D eigenvalue weighted by Crippen LogP contribution is 2.33. The molecule has 1 aromatic carbocycles. The van der Waals surface area contributed by atoms with Crippen LogP contribution in [-0.2, 0) is 0 Å². The molecule has 1 N–H and O–H groups in total. The highest BCUT2D eigenvalue weighted by atomic mass is 79.9. The average Bonchev–Trinajstić information content (AvgIpc) is 2.40. The van der Waals surface area contributed by atoms with Gasteiger partial charge in [-0.15, -0.1) is 0 Å². The van der Waals surface area contributed by atoms with Crippen LogP contribution in [0.1, 0.15) is 25.8 Å². The van der Waals surface area contributed by atoms with E-state index in [9.17, 15) is 0 Å². The molecule has 2 rings (SSSR count). The van der Waals surface area contributed by atoms with Crippen molar-refractivity contribution in [2.24, 2.45) is 0 Å². The number of aryl methyl sites for hydroxylation is 1. The summed E-state index contributed by atoms with van der Waals surface area (Å²) in [7, 11) is 0. The quantitative estimate of drug-likeness (QED) is 0.855. The molecule has 1 fully saturated rings. The van der Waals surface area contributed by atoms with Gasteiger partial charge in [-0.3, -0.25) is 0 Å². The van der Waals surface area contributed by atoms with Crippen molar-refractivity contribution in [3.05, 3.63) is 28.2 Å². The molecule has 1 aliphatic rings. The van der Waals surface area contributed by atoms with E-state index in [0.717, 1.165) is 19.6 Å². The summed E-state index contributed by atoms with van der Waals surface area (Å²) in [5.74, 6) is 0. The lowest BCUT2D eigenvalue weighted by Gasteiger charge is -2.39. The van der Waals surface area contributed by atoms with Gasteiger partial charge in [0.05, 0.1) is 5.69 Å². The van der Waals surface area contributed by atoms with Gasteiger partial charge in [0.15, 0.2) is 0 Å². The Kier molecular flexibility index (Phi) is 3.79. The number of hydrogen-bond acceptors (Lipinski definition) is 2. The molecular formula is C14H21BrN2. The Hall–Kier alpha value is -0.540. The van der Waals surface area contributed by atoms with Gasteiger partial charge in [-0.05, 0) is 67.4 Å². The molecule has 0 aliphatic carbocycles. The third-order valence-electron chi connectivity index (χ3n) is 3.55. The molecule has 1 heterocycles. The van der Waals surface area contributed by atoms with Crippen LogP contribution < -0.4 is 10.2 Å². The fourth-order valence-corrected chi connectivity index (χ4v) is 3.13. The summed E-state index contributed by atoms with van der Waals surface area (Å²) in [6, 6.07) is 6.62. The van der Waals surface area contributed by atoms with Crippen molar-refractivity contribution in [2.45, 2.75) is 32.7 Å². The first-order valence-electron chi connectivity index (χ1n) is 6.25. The molecule has 1 saturated heterocycles. The Labute approximate surface area is 113 Å². The van der Waals surface area contributed by atoms with Crippen molar-refractivity contribution in [3.63, 3.8) is 0 Å². The first-order valence-corrected chi connectivity index (χ1v) is 7.04. The smallest absolute Gasteiger partial charge is 0.0515 e. The van der Waals surface area contributed by atoms with E-state index in [4.69, 9.17) is 0 Å². The summed E-state index contributed by atoms with van der Waals surface area (Å²) in [6.45, 7) is 10.0. The largest absolute Gasteiger partial charge is 0.364 e. The summed E-state index contributed by atoms with van der Waals surface area (Å²) < 4.78 is 1.20. The lowest BCUT2D eigenvalue weighted by molar-refractivity contribution is 0.453. The van der Waals surface area contributed by atoms with Crippen LogP contribution in [0.5, 0.6) is 0 Å². The van der Waals surface area contributed by atoms with E-state index < -0.39 is 0 Å². The van der Waals surface area contributed by atoms with Crippen molar-refractivity contribution in [1.29, 1.82) is 0 Å². The zero-order chi connectivity index (χ0) is 12.5. The van der Waals surface area contributed by atoms with Crippen LogP contribution in [0.15, 0.2) is 22.7 Å². The molecule has 94 valence electrons. The van der Waals surface area contributed by atoms with E-state index in [2.05, 4.69) is 65.1 Å². The standard InChI is InChI=1S/C14H21BrN2/c1-11-4-5-13(12(15)10-11)17-9-8-16-7-6-14(17,2)3/h4-5,10,16H,6-9H2,1-3H3. The normalized spacial score (nSPS) is 20.1. The summed E-state index contributed by atoms with van der Waals surface area (Å²) in [5.41, 5.74) is 2.82. The predicted molar refractivity (Wildman–Crippen MR) is 77.8 cm³/mol. The summed E-state index contributed by atoms with van der Waals surface area (Å²) in [6.07, 6.45) is 1.17. The molecule has 2 nitrogen and oxygen atoms in total. The van der Waals surface area contributed by atoms with E-state index >= 15 is 0 Å². The van der Waals surface area contributed by atoms with Crippen molar-refractivity contribution in [3.8, 4) is 0 Å². The summed E-state index contributed by atoms with van der Waals surface area (Å²) in [4.78, 5) is 2.51. The number of rotatable bonds is 1. The monoisotopic (exact) mass is 296 g/mol. The van der Waals surface area contributed by atoms with Crippen molar-refractivity contribution in [2.75, 3.05) is 24.5 Å². The second-order valence-electron chi connectivity index (χ2n) is 5.42. The number of anilines is 1. The molecule has 1 aromatic rings. The van der Waals surface area contributed by atoms with Crippen LogP contribution in [-0.4, -0.2) is 25.2 Å². The van der Waals surface area contributed by atoms with Crippen LogP contribution in [0.2, 0.25) is 0 Å². The van der Waals surface area contributed by atoms with Gasteiger partial charge in [0.1, 0.15) is 0 Å². The molecule has 0 spiro atoms. The van der Waals surface area contributed by atoms with E-state index in [-0.39, 0.29) is 5.54 Å². The minimum atomic E-state index is 0.210. The number of hydrogen-bond donors (Lipinski definition) is 1. The maximum absolute atomic E-state index is 3.70. The molecule has 1 aliphatic heterocycles. The number of nitrogens with zero attached hydrogens (tertiary/aromatic N) is 1. The Morgan fingerprint density at radius 2 is 2.06 bits per heavy atom. The van der Waals surface area contributed by atoms with Crippen molar-refractivity contribution in [1.82, 2.24) is 5.32 Å². The van der Waals surface area contributed by atoms with Gasteiger partial charge in [-0.1, -0.05) is 6.07 Å². The Balaban J connectivity index is 2.35. The maximum atomic E-state index is 3.70. The van der Waals surface area contributed by atoms with Crippen molar-refractivity contribution < 1.29 is 0 Å². The predicted octanol–water partition coefficient (Wildman–Crippen LogP) is 3.34. The highest BCUT2D eigenvalue weighted by Gasteiger charge is 2.29. The van der Waals surface area contributed by atoms with Crippen LogP contribution in [0, 0.1) is 6.92 Å². The molecule has 0 amide bonds. The second-order valence-corrected chi connectivity index (χ2v) is 6.27. The maximum Gasteiger partial charge on any atom is 0.0515 e. The Morgan fingerprint density at radius 3 is 2.76 bits per heavy atom. The fraction of sp³-hybridized carbons (Fsp3) is 0.571. The van der Waals surface area contributed by atoms with Gasteiger partial charge in [0, 0.05) is 23.1 Å². The van der Waals surface area contributed by atoms with Gasteiger partial charge >= 0.3 is 0 Å². The molecule has 17 heavy (non-hydrogen) atoms. The summed E-state index contributed by atoms with van der Waals surface area (Å²) in [5, 5.41) is 3.48. The van der Waals surface area contributed by atoms with Gasteiger partial charge in [0.2, 0.25) is 0 Å². The summed E-state index contributed by atoms with van der Waals surface area (Å²) >= 11 is 3.70. The Morgan fingerprint density at radius 1 is 1.29 bits per heavy atom. The van der Waals surface area contributed by atoms with E-state index in [1.807, 2.05) is 0 Å². The third-order valence-corrected chi connectivity index (χ3v) is 4.19. The zero-order valence-corrected chi connectivity index (χ0v) is 12.5. The average molecular weight is 297 g/mol.